The van der Waals surface area contributed by atoms with E-state index in [9.17, 15) is 9.59 Å². The molecule has 7 heteroatoms. The highest BCUT2D eigenvalue weighted by atomic mass is 35.5. The van der Waals surface area contributed by atoms with E-state index in [1.54, 1.807) is 13.0 Å². The van der Waals surface area contributed by atoms with Crippen molar-refractivity contribution in [3.63, 3.8) is 0 Å². The molecular formula is C17H18ClN3O3. The number of carboxylic acid groups (broad SMARTS) is 1. The zero-order valence-corrected chi connectivity index (χ0v) is 14.0. The Hall–Kier alpha value is -2.18. The molecule has 1 aromatic heterocycles. The summed E-state index contributed by atoms with van der Waals surface area (Å²) in [4.78, 5) is 31.1. The Balaban J connectivity index is 1.73. The van der Waals surface area contributed by atoms with Crippen LogP contribution in [0.1, 0.15) is 12.6 Å². The number of carbonyl (C=O) groups excluding carboxylic acids is 1. The molecule has 0 spiro atoms. The third-order valence-electron chi connectivity index (χ3n) is 4.27. The van der Waals surface area contributed by atoms with Crippen molar-refractivity contribution in [3.8, 4) is 0 Å². The number of hydrogen-bond acceptors (Lipinski definition) is 4. The average molecular weight is 348 g/mol. The summed E-state index contributed by atoms with van der Waals surface area (Å²) in [5, 5.41) is 10.5. The first-order chi connectivity index (χ1) is 11.4. The lowest BCUT2D eigenvalue weighted by Crippen LogP contribution is -2.56. The normalized spacial score (nSPS) is 19.0. The van der Waals surface area contributed by atoms with Gasteiger partial charge in [-0.3, -0.25) is 19.5 Å². The second-order valence-electron chi connectivity index (χ2n) is 5.94. The van der Waals surface area contributed by atoms with Gasteiger partial charge in [0.15, 0.2) is 0 Å². The first-order valence-electron chi connectivity index (χ1n) is 7.74. The van der Waals surface area contributed by atoms with E-state index in [0.717, 1.165) is 16.6 Å². The number of piperazine rings is 1. The maximum atomic E-state index is 12.3. The van der Waals surface area contributed by atoms with Crippen LogP contribution < -0.4 is 0 Å². The molecule has 1 aliphatic rings. The van der Waals surface area contributed by atoms with Crippen molar-refractivity contribution in [3.05, 3.63) is 41.0 Å². The van der Waals surface area contributed by atoms with E-state index in [4.69, 9.17) is 16.7 Å². The lowest BCUT2D eigenvalue weighted by molar-refractivity contribution is -0.150. The van der Waals surface area contributed by atoms with Crippen LogP contribution in [0.2, 0.25) is 5.02 Å². The van der Waals surface area contributed by atoms with Gasteiger partial charge in [0.1, 0.15) is 6.54 Å². The van der Waals surface area contributed by atoms with Gasteiger partial charge in [0.25, 0.3) is 0 Å². The van der Waals surface area contributed by atoms with Crippen molar-refractivity contribution < 1.29 is 14.7 Å². The van der Waals surface area contributed by atoms with Gasteiger partial charge in [-0.15, -0.1) is 0 Å². The Morgan fingerprint density at radius 2 is 2.12 bits per heavy atom. The Labute approximate surface area is 144 Å². The summed E-state index contributed by atoms with van der Waals surface area (Å²) < 4.78 is 0. The standard InChI is InChI=1S/C17H18ClN3O3/c1-11-17(24)21(10-16(22)23)7-6-20(11)9-14-4-2-12-8-13(18)3-5-15(12)19-14/h2-5,8,11H,6-7,9-10H2,1H3,(H,22,23). The average Bonchev–Trinajstić information content (AvgIpc) is 2.54. The summed E-state index contributed by atoms with van der Waals surface area (Å²) in [6.45, 7) is 3.15. The summed E-state index contributed by atoms with van der Waals surface area (Å²) in [5.74, 6) is -1.14. The molecule has 6 nitrogen and oxygen atoms in total. The van der Waals surface area contributed by atoms with E-state index in [1.165, 1.54) is 4.90 Å². The Kier molecular flexibility index (Phi) is 4.69. The molecule has 126 valence electrons. The highest BCUT2D eigenvalue weighted by molar-refractivity contribution is 6.31. The summed E-state index contributed by atoms with van der Waals surface area (Å²) in [6, 6.07) is 9.08. The minimum Gasteiger partial charge on any atom is -0.480 e. The van der Waals surface area contributed by atoms with E-state index >= 15 is 0 Å². The number of amides is 1. The van der Waals surface area contributed by atoms with Crippen LogP contribution in [-0.4, -0.2) is 57.4 Å². The molecular weight excluding hydrogens is 330 g/mol. The van der Waals surface area contributed by atoms with E-state index in [-0.39, 0.29) is 18.5 Å². The minimum absolute atomic E-state index is 0.156. The molecule has 1 unspecified atom stereocenters. The number of pyridine rings is 1. The van der Waals surface area contributed by atoms with E-state index in [0.29, 0.717) is 24.7 Å². The van der Waals surface area contributed by atoms with Crippen molar-refractivity contribution >= 4 is 34.4 Å². The van der Waals surface area contributed by atoms with Gasteiger partial charge < -0.3 is 10.0 Å². The molecule has 24 heavy (non-hydrogen) atoms. The van der Waals surface area contributed by atoms with Gasteiger partial charge in [-0.05, 0) is 31.2 Å². The van der Waals surface area contributed by atoms with Crippen LogP contribution in [0.25, 0.3) is 10.9 Å². The minimum atomic E-state index is -0.987. The molecule has 3 rings (SSSR count). The van der Waals surface area contributed by atoms with Crippen LogP contribution in [0.3, 0.4) is 0 Å². The van der Waals surface area contributed by atoms with Crippen LogP contribution in [-0.2, 0) is 16.1 Å². The van der Waals surface area contributed by atoms with E-state index in [2.05, 4.69) is 4.98 Å². The van der Waals surface area contributed by atoms with Gasteiger partial charge in [0.05, 0.1) is 17.3 Å². The first-order valence-corrected chi connectivity index (χ1v) is 8.11. The number of nitrogens with zero attached hydrogens (tertiary/aromatic N) is 3. The summed E-state index contributed by atoms with van der Waals surface area (Å²) >= 11 is 5.98. The molecule has 1 aromatic carbocycles. The molecule has 1 N–H and O–H groups in total. The molecule has 1 fully saturated rings. The number of rotatable bonds is 4. The lowest BCUT2D eigenvalue weighted by Gasteiger charge is -2.38. The zero-order valence-electron chi connectivity index (χ0n) is 13.3. The van der Waals surface area contributed by atoms with Crippen molar-refractivity contribution in [2.45, 2.75) is 19.5 Å². The van der Waals surface area contributed by atoms with Gasteiger partial charge in [-0.25, -0.2) is 0 Å². The number of hydrogen-bond donors (Lipinski definition) is 1. The van der Waals surface area contributed by atoms with Gasteiger partial charge in [-0.2, -0.15) is 0 Å². The fraction of sp³-hybridized carbons (Fsp3) is 0.353. The highest BCUT2D eigenvalue weighted by Gasteiger charge is 2.32. The molecule has 0 aliphatic carbocycles. The van der Waals surface area contributed by atoms with Gasteiger partial charge >= 0.3 is 5.97 Å². The predicted molar refractivity (Wildman–Crippen MR) is 90.8 cm³/mol. The molecule has 2 aromatic rings. The fourth-order valence-corrected chi connectivity index (χ4v) is 3.12. The summed E-state index contributed by atoms with van der Waals surface area (Å²) in [6.07, 6.45) is 0. The number of aromatic nitrogens is 1. The van der Waals surface area contributed by atoms with Gasteiger partial charge in [0, 0.05) is 30.0 Å². The summed E-state index contributed by atoms with van der Waals surface area (Å²) in [7, 11) is 0. The lowest BCUT2D eigenvalue weighted by atomic mass is 10.1. The fourth-order valence-electron chi connectivity index (χ4n) is 2.94. The Morgan fingerprint density at radius 1 is 1.33 bits per heavy atom. The van der Waals surface area contributed by atoms with E-state index < -0.39 is 5.97 Å². The van der Waals surface area contributed by atoms with Crippen molar-refractivity contribution in [1.82, 2.24) is 14.8 Å². The van der Waals surface area contributed by atoms with Crippen molar-refractivity contribution in [2.75, 3.05) is 19.6 Å². The second-order valence-corrected chi connectivity index (χ2v) is 6.38. The molecule has 1 amide bonds. The number of carbonyl (C=O) groups is 2. The molecule has 1 atom stereocenters. The molecule has 1 saturated heterocycles. The monoisotopic (exact) mass is 347 g/mol. The van der Waals surface area contributed by atoms with Crippen LogP contribution in [0.4, 0.5) is 0 Å². The van der Waals surface area contributed by atoms with Gasteiger partial charge in [0.2, 0.25) is 5.91 Å². The largest absolute Gasteiger partial charge is 0.480 e. The second kappa shape index (κ2) is 6.75. The first kappa shape index (κ1) is 16.7. The Morgan fingerprint density at radius 3 is 2.88 bits per heavy atom. The smallest absolute Gasteiger partial charge is 0.323 e. The van der Waals surface area contributed by atoms with Crippen LogP contribution in [0.15, 0.2) is 30.3 Å². The third-order valence-corrected chi connectivity index (χ3v) is 4.51. The number of aliphatic carboxylic acids is 1. The molecule has 0 saturated carbocycles. The van der Waals surface area contributed by atoms with Crippen molar-refractivity contribution in [2.24, 2.45) is 0 Å². The Bertz CT molecular complexity index is 796. The van der Waals surface area contributed by atoms with Crippen LogP contribution in [0, 0.1) is 0 Å². The highest BCUT2D eigenvalue weighted by Crippen LogP contribution is 2.20. The maximum Gasteiger partial charge on any atom is 0.323 e. The number of fused-ring (bicyclic) bond motifs is 1. The van der Waals surface area contributed by atoms with Crippen LogP contribution >= 0.6 is 11.6 Å². The van der Waals surface area contributed by atoms with Crippen LogP contribution in [0.5, 0.6) is 0 Å². The molecule has 0 radical (unpaired) electrons. The number of carboxylic acids is 1. The number of halogens is 1. The number of benzene rings is 1. The van der Waals surface area contributed by atoms with E-state index in [1.807, 2.05) is 29.2 Å². The predicted octanol–water partition coefficient (Wildman–Crippen LogP) is 2.01. The molecule has 1 aliphatic heterocycles. The van der Waals surface area contributed by atoms with Crippen molar-refractivity contribution in [1.29, 1.82) is 0 Å². The maximum absolute atomic E-state index is 12.3. The summed E-state index contributed by atoms with van der Waals surface area (Å²) in [5.41, 5.74) is 1.73. The quantitative estimate of drug-likeness (QED) is 0.915. The molecule has 0 bridgehead atoms. The third kappa shape index (κ3) is 3.49. The SMILES string of the molecule is CC1C(=O)N(CC(=O)O)CCN1Cc1ccc2cc(Cl)ccc2n1. The zero-order chi connectivity index (χ0) is 17.3. The topological polar surface area (TPSA) is 73.7 Å². The van der Waals surface area contributed by atoms with Gasteiger partial charge in [-0.1, -0.05) is 17.7 Å². The molecule has 2 heterocycles.